The molecule has 0 radical (unpaired) electrons. The Balaban J connectivity index is 1.25. The van der Waals surface area contributed by atoms with Crippen molar-refractivity contribution in [1.82, 2.24) is 9.71 Å². The van der Waals surface area contributed by atoms with Crippen LogP contribution >= 0.6 is 11.8 Å². The van der Waals surface area contributed by atoms with Crippen molar-refractivity contribution in [1.29, 1.82) is 0 Å². The van der Waals surface area contributed by atoms with Gasteiger partial charge in [0.25, 0.3) is 0 Å². The van der Waals surface area contributed by atoms with Crippen LogP contribution < -0.4 is 10.0 Å². The predicted octanol–water partition coefficient (Wildman–Crippen LogP) is 6.69. The van der Waals surface area contributed by atoms with Crippen molar-refractivity contribution in [2.75, 3.05) is 11.1 Å². The molecule has 54 heavy (non-hydrogen) atoms. The Morgan fingerprint density at radius 1 is 0.870 bits per heavy atom. The molecule has 280 valence electrons. The van der Waals surface area contributed by atoms with Gasteiger partial charge >= 0.3 is 5.97 Å². The Bertz CT molecular complexity index is 2170. The number of anilines is 1. The highest BCUT2D eigenvalue weighted by atomic mass is 32.2. The summed E-state index contributed by atoms with van der Waals surface area (Å²) in [6.07, 6.45) is -0.0668. The highest BCUT2D eigenvalue weighted by Gasteiger charge is 2.39. The lowest BCUT2D eigenvalue weighted by Gasteiger charge is -2.41. The Labute approximate surface area is 318 Å². The smallest absolute Gasteiger partial charge is 0.338 e. The van der Waals surface area contributed by atoms with E-state index in [0.29, 0.717) is 22.0 Å². The molecule has 0 bridgehead atoms. The molecule has 5 atom stereocenters. The number of aromatic carboxylic acids is 1. The van der Waals surface area contributed by atoms with Crippen LogP contribution in [0.2, 0.25) is 0 Å². The molecule has 4 N–H and O–H groups in total. The molecule has 5 aromatic rings. The third-order valence-electron chi connectivity index (χ3n) is 9.16. The summed E-state index contributed by atoms with van der Waals surface area (Å²) in [5.74, 6) is -1.41. The molecule has 1 aromatic heterocycles. The lowest BCUT2D eigenvalue weighted by Crippen LogP contribution is -2.45. The van der Waals surface area contributed by atoms with Crippen molar-refractivity contribution >= 4 is 39.3 Å². The second-order valence-corrected chi connectivity index (χ2v) is 15.8. The lowest BCUT2D eigenvalue weighted by atomic mass is 9.91. The summed E-state index contributed by atoms with van der Waals surface area (Å²) in [6, 6.07) is 32.0. The molecular formula is C41H41N3O8S2. The Hall–Kier alpha value is -4.89. The number of carbonyl (C=O) groups is 2. The van der Waals surface area contributed by atoms with Crippen LogP contribution in [-0.4, -0.2) is 53.4 Å². The number of aliphatic hydroxyl groups is 1. The Kier molecular flexibility index (Phi) is 12.6. The largest absolute Gasteiger partial charge is 0.478 e. The van der Waals surface area contributed by atoms with Gasteiger partial charge in [-0.15, -0.1) is 11.8 Å². The lowest BCUT2D eigenvalue weighted by molar-refractivity contribution is -0.268. The predicted molar refractivity (Wildman–Crippen MR) is 205 cm³/mol. The average molecular weight is 768 g/mol. The standard InChI is InChI=1S/C41H41N3O8S2/c1-26-13-19-33(20-14-26)54(49,50)44-35(22-28-8-4-3-5-9-28)38(46)43-32-11-6-10-31(23-32)41-51-36(25-53-39-34(40(47)48)12-7-21-42-39)27(2)37(52-41)30-17-15-29(24-45)16-18-30/h3-21,23,27,35-37,41,44-45H,22,24-25H2,1-2H3,(H,43,46)(H,47,48)/t27-,35+,36+,37+,41+/m0/s1. The number of ether oxygens (including phenoxy) is 2. The summed E-state index contributed by atoms with van der Waals surface area (Å²) in [5, 5.41) is 22.6. The van der Waals surface area contributed by atoms with Crippen LogP contribution in [0.1, 0.15) is 57.5 Å². The van der Waals surface area contributed by atoms with Crippen molar-refractivity contribution in [3.05, 3.63) is 155 Å². The number of sulfonamides is 1. The molecule has 1 aliphatic rings. The van der Waals surface area contributed by atoms with Gasteiger partial charge in [0.1, 0.15) is 11.1 Å². The fourth-order valence-corrected chi connectivity index (χ4v) is 8.49. The Morgan fingerprint density at radius 2 is 1.61 bits per heavy atom. The van der Waals surface area contributed by atoms with E-state index in [1.807, 2.05) is 74.5 Å². The first-order valence-electron chi connectivity index (χ1n) is 17.4. The summed E-state index contributed by atoms with van der Waals surface area (Å²) in [5.41, 5.74) is 4.43. The number of nitrogens with zero attached hydrogens (tertiary/aromatic N) is 1. The maximum atomic E-state index is 13.9. The van der Waals surface area contributed by atoms with E-state index in [1.54, 1.807) is 42.6 Å². The number of benzene rings is 4. The number of aryl methyl sites for hydroxylation is 1. The molecule has 0 spiro atoms. The third-order valence-corrected chi connectivity index (χ3v) is 11.7. The number of hydrogen-bond acceptors (Lipinski definition) is 9. The van der Waals surface area contributed by atoms with Crippen LogP contribution in [0.5, 0.6) is 0 Å². The number of carboxylic acid groups (broad SMARTS) is 1. The fourth-order valence-electron chi connectivity index (χ4n) is 6.14. The monoisotopic (exact) mass is 767 g/mol. The second kappa shape index (κ2) is 17.5. The minimum absolute atomic E-state index is 0.0530. The number of pyridine rings is 1. The van der Waals surface area contributed by atoms with Gasteiger partial charge in [-0.05, 0) is 66.4 Å². The molecule has 1 fully saturated rings. The average Bonchev–Trinajstić information content (AvgIpc) is 3.18. The van der Waals surface area contributed by atoms with Crippen molar-refractivity contribution < 1.29 is 37.7 Å². The molecule has 1 aliphatic heterocycles. The van der Waals surface area contributed by atoms with Crippen LogP contribution in [0, 0.1) is 12.8 Å². The van der Waals surface area contributed by atoms with E-state index in [9.17, 15) is 28.2 Å². The van der Waals surface area contributed by atoms with Gasteiger partial charge in [0.05, 0.1) is 29.3 Å². The molecular weight excluding hydrogens is 727 g/mol. The zero-order chi connectivity index (χ0) is 38.2. The number of hydrogen-bond donors (Lipinski definition) is 4. The molecule has 11 nitrogen and oxygen atoms in total. The van der Waals surface area contributed by atoms with Crippen LogP contribution in [0.4, 0.5) is 5.69 Å². The maximum Gasteiger partial charge on any atom is 0.338 e. The van der Waals surface area contributed by atoms with Gasteiger partial charge in [0.2, 0.25) is 15.9 Å². The van der Waals surface area contributed by atoms with Crippen LogP contribution in [0.15, 0.2) is 131 Å². The summed E-state index contributed by atoms with van der Waals surface area (Å²) in [4.78, 5) is 30.1. The number of carboxylic acids is 1. The van der Waals surface area contributed by atoms with Crippen molar-refractivity contribution in [3.63, 3.8) is 0 Å². The molecule has 6 rings (SSSR count). The van der Waals surface area contributed by atoms with Crippen molar-refractivity contribution in [2.24, 2.45) is 5.92 Å². The molecule has 4 aromatic carbocycles. The van der Waals surface area contributed by atoms with E-state index in [1.165, 1.54) is 30.0 Å². The Morgan fingerprint density at radius 3 is 2.31 bits per heavy atom. The molecule has 0 aliphatic carbocycles. The molecule has 1 amide bonds. The van der Waals surface area contributed by atoms with E-state index in [0.717, 1.165) is 22.3 Å². The first-order valence-corrected chi connectivity index (χ1v) is 19.8. The van der Waals surface area contributed by atoms with E-state index in [2.05, 4.69) is 15.0 Å². The second-order valence-electron chi connectivity index (χ2n) is 13.1. The van der Waals surface area contributed by atoms with E-state index in [4.69, 9.17) is 9.47 Å². The topological polar surface area (TPSA) is 164 Å². The zero-order valence-electron chi connectivity index (χ0n) is 29.7. The van der Waals surface area contributed by atoms with E-state index >= 15 is 0 Å². The van der Waals surface area contributed by atoms with E-state index < -0.39 is 46.4 Å². The molecule has 0 unspecified atom stereocenters. The summed E-state index contributed by atoms with van der Waals surface area (Å²) in [6.45, 7) is 3.77. The molecule has 2 heterocycles. The first kappa shape index (κ1) is 38.8. The SMILES string of the molecule is Cc1ccc(S(=O)(=O)N[C@H](Cc2ccccc2)C(=O)Nc2cccc([C@@H]3O[C@H](CSc4ncccc4C(=O)O)[C@H](C)[C@H](c4ccc(CO)cc4)O3)c2)cc1. The normalized spacial score (nSPS) is 19.2. The van der Waals surface area contributed by atoms with Crippen molar-refractivity contribution in [3.8, 4) is 0 Å². The summed E-state index contributed by atoms with van der Waals surface area (Å²) < 4.78 is 42.6. The minimum atomic E-state index is -4.04. The van der Waals surface area contributed by atoms with Gasteiger partial charge in [-0.1, -0.05) is 91.3 Å². The van der Waals surface area contributed by atoms with Gasteiger partial charge in [0.15, 0.2) is 6.29 Å². The summed E-state index contributed by atoms with van der Waals surface area (Å²) >= 11 is 1.29. The van der Waals surface area contributed by atoms with Gasteiger partial charge in [-0.25, -0.2) is 18.2 Å². The number of nitrogens with one attached hydrogen (secondary N) is 2. The fraction of sp³-hybridized carbons (Fsp3) is 0.244. The number of rotatable bonds is 14. The summed E-state index contributed by atoms with van der Waals surface area (Å²) in [7, 11) is -4.04. The molecule has 13 heteroatoms. The molecule has 0 saturated carbocycles. The number of amides is 1. The van der Waals surface area contributed by atoms with Crippen molar-refractivity contribution in [2.45, 2.75) is 61.3 Å². The third kappa shape index (κ3) is 9.61. The zero-order valence-corrected chi connectivity index (χ0v) is 31.3. The number of carbonyl (C=O) groups excluding carboxylic acids is 1. The van der Waals surface area contributed by atoms with Crippen LogP contribution in [-0.2, 0) is 37.3 Å². The van der Waals surface area contributed by atoms with Crippen LogP contribution in [0.3, 0.4) is 0 Å². The quantitative estimate of drug-likeness (QED) is 0.0896. The van der Waals surface area contributed by atoms with Gasteiger partial charge in [0, 0.05) is 29.1 Å². The van der Waals surface area contributed by atoms with E-state index in [-0.39, 0.29) is 29.4 Å². The minimum Gasteiger partial charge on any atom is -0.478 e. The maximum absolute atomic E-state index is 13.9. The number of aliphatic hydroxyl groups excluding tert-OH is 1. The first-order chi connectivity index (χ1) is 26.0. The van der Waals surface area contributed by atoms with Gasteiger partial charge in [-0.3, -0.25) is 4.79 Å². The van der Waals surface area contributed by atoms with Gasteiger partial charge in [-0.2, -0.15) is 4.72 Å². The highest BCUT2D eigenvalue weighted by molar-refractivity contribution is 7.99. The number of aromatic nitrogens is 1. The highest BCUT2D eigenvalue weighted by Crippen LogP contribution is 2.43. The molecule has 1 saturated heterocycles. The van der Waals surface area contributed by atoms with Crippen LogP contribution in [0.25, 0.3) is 0 Å². The van der Waals surface area contributed by atoms with Gasteiger partial charge < -0.3 is 25.0 Å². The number of thioether (sulfide) groups is 1.